The zero-order valence-electron chi connectivity index (χ0n) is 11.4. The summed E-state index contributed by atoms with van der Waals surface area (Å²) < 4.78 is 16.4. The zero-order valence-corrected chi connectivity index (χ0v) is 12.9. The molecule has 0 aliphatic heterocycles. The number of carbonyl (C=O) groups is 1. The van der Waals surface area contributed by atoms with Gasteiger partial charge in [-0.3, -0.25) is 10.2 Å². The topological polar surface area (TPSA) is 82.8 Å². The highest BCUT2D eigenvalue weighted by atomic mass is 79.9. The SMILES string of the molecule is COCCOCCOCc1ccc(C(=O)NN)cc1Br. The van der Waals surface area contributed by atoms with Gasteiger partial charge in [0.2, 0.25) is 0 Å². The van der Waals surface area contributed by atoms with Gasteiger partial charge in [0.15, 0.2) is 0 Å². The van der Waals surface area contributed by atoms with Crippen LogP contribution in [0.5, 0.6) is 0 Å². The molecule has 20 heavy (non-hydrogen) atoms. The normalized spacial score (nSPS) is 10.6. The van der Waals surface area contributed by atoms with Crippen molar-refractivity contribution in [2.45, 2.75) is 6.61 Å². The number of ether oxygens (including phenoxy) is 3. The second kappa shape index (κ2) is 9.84. The van der Waals surface area contributed by atoms with Crippen molar-refractivity contribution in [1.29, 1.82) is 0 Å². The molecule has 1 aromatic rings. The fourth-order valence-electron chi connectivity index (χ4n) is 1.43. The van der Waals surface area contributed by atoms with Crippen LogP contribution in [0.4, 0.5) is 0 Å². The monoisotopic (exact) mass is 346 g/mol. The molecule has 112 valence electrons. The summed E-state index contributed by atoms with van der Waals surface area (Å²) in [5.41, 5.74) is 3.53. The summed E-state index contributed by atoms with van der Waals surface area (Å²) in [6.07, 6.45) is 0. The first-order valence-electron chi connectivity index (χ1n) is 6.12. The average Bonchev–Trinajstić information content (AvgIpc) is 2.46. The number of halogens is 1. The van der Waals surface area contributed by atoms with Gasteiger partial charge in [0, 0.05) is 17.1 Å². The van der Waals surface area contributed by atoms with Gasteiger partial charge in [0.05, 0.1) is 33.0 Å². The van der Waals surface area contributed by atoms with Gasteiger partial charge in [-0.1, -0.05) is 22.0 Å². The van der Waals surface area contributed by atoms with Crippen molar-refractivity contribution in [3.63, 3.8) is 0 Å². The van der Waals surface area contributed by atoms with Crippen LogP contribution < -0.4 is 11.3 Å². The number of nitrogens with one attached hydrogen (secondary N) is 1. The summed E-state index contributed by atoms with van der Waals surface area (Å²) in [7, 11) is 1.63. The van der Waals surface area contributed by atoms with Crippen LogP contribution in [0.2, 0.25) is 0 Å². The zero-order chi connectivity index (χ0) is 14.8. The molecule has 3 N–H and O–H groups in total. The van der Waals surface area contributed by atoms with E-state index in [0.29, 0.717) is 38.6 Å². The highest BCUT2D eigenvalue weighted by molar-refractivity contribution is 9.10. The standard InChI is InChI=1S/C13H19BrN2O4/c1-18-4-5-19-6-7-20-9-11-3-2-10(8-12(11)14)13(17)16-15/h2-3,8H,4-7,9,15H2,1H3,(H,16,17). The molecule has 0 radical (unpaired) electrons. The van der Waals surface area contributed by atoms with Crippen LogP contribution in [0.15, 0.2) is 22.7 Å². The number of benzene rings is 1. The molecule has 1 rings (SSSR count). The Morgan fingerprint density at radius 2 is 1.95 bits per heavy atom. The van der Waals surface area contributed by atoms with E-state index in [1.54, 1.807) is 19.2 Å². The van der Waals surface area contributed by atoms with E-state index in [4.69, 9.17) is 20.1 Å². The molecule has 0 saturated heterocycles. The van der Waals surface area contributed by atoms with Gasteiger partial charge < -0.3 is 14.2 Å². The van der Waals surface area contributed by atoms with Crippen molar-refractivity contribution in [2.24, 2.45) is 5.84 Å². The smallest absolute Gasteiger partial charge is 0.265 e. The molecule has 0 fully saturated rings. The number of carbonyl (C=O) groups excluding carboxylic acids is 1. The Labute approximate surface area is 126 Å². The molecule has 6 nitrogen and oxygen atoms in total. The number of hydrogen-bond donors (Lipinski definition) is 2. The Balaban J connectivity index is 2.32. The van der Waals surface area contributed by atoms with Crippen molar-refractivity contribution in [2.75, 3.05) is 33.5 Å². The summed E-state index contributed by atoms with van der Waals surface area (Å²) in [6, 6.07) is 5.22. The Hall–Kier alpha value is -0.990. The van der Waals surface area contributed by atoms with E-state index in [1.165, 1.54) is 0 Å². The lowest BCUT2D eigenvalue weighted by molar-refractivity contribution is 0.0198. The molecular formula is C13H19BrN2O4. The molecule has 7 heteroatoms. The van der Waals surface area contributed by atoms with Gasteiger partial charge in [0.25, 0.3) is 5.91 Å². The molecule has 0 saturated carbocycles. The number of rotatable bonds is 9. The van der Waals surface area contributed by atoms with Crippen molar-refractivity contribution in [3.8, 4) is 0 Å². The lowest BCUT2D eigenvalue weighted by atomic mass is 10.1. The first-order chi connectivity index (χ1) is 9.69. The molecule has 1 aromatic carbocycles. The van der Waals surface area contributed by atoms with Gasteiger partial charge in [-0.2, -0.15) is 0 Å². The van der Waals surface area contributed by atoms with Crippen LogP contribution in [-0.2, 0) is 20.8 Å². The van der Waals surface area contributed by atoms with Gasteiger partial charge in [-0.15, -0.1) is 0 Å². The predicted octanol–water partition coefficient (Wildman–Crippen LogP) is 1.23. The van der Waals surface area contributed by atoms with Crippen LogP contribution >= 0.6 is 15.9 Å². The van der Waals surface area contributed by atoms with E-state index < -0.39 is 0 Å². The van der Waals surface area contributed by atoms with Gasteiger partial charge in [0.1, 0.15) is 0 Å². The number of methoxy groups -OCH3 is 1. The van der Waals surface area contributed by atoms with Gasteiger partial charge >= 0.3 is 0 Å². The summed E-state index contributed by atoms with van der Waals surface area (Å²) >= 11 is 3.40. The number of amides is 1. The second-order valence-corrected chi connectivity index (χ2v) is 4.79. The van der Waals surface area contributed by atoms with Crippen LogP contribution in [0.25, 0.3) is 0 Å². The number of hydrazine groups is 1. The molecule has 1 amide bonds. The minimum atomic E-state index is -0.329. The van der Waals surface area contributed by atoms with Crippen molar-refractivity contribution >= 4 is 21.8 Å². The summed E-state index contributed by atoms with van der Waals surface area (Å²) in [5.74, 6) is 4.75. The Morgan fingerprint density at radius 3 is 2.60 bits per heavy atom. The highest BCUT2D eigenvalue weighted by Crippen LogP contribution is 2.19. The summed E-state index contributed by atoms with van der Waals surface area (Å²) in [4.78, 5) is 11.3. The third kappa shape index (κ3) is 5.98. The lowest BCUT2D eigenvalue weighted by Gasteiger charge is -2.08. The fraction of sp³-hybridized carbons (Fsp3) is 0.462. The molecule has 0 heterocycles. The van der Waals surface area contributed by atoms with Gasteiger partial charge in [-0.25, -0.2) is 5.84 Å². The van der Waals surface area contributed by atoms with Crippen LogP contribution in [0.1, 0.15) is 15.9 Å². The molecule has 0 aliphatic carbocycles. The number of nitrogen functional groups attached to an aromatic ring is 1. The Morgan fingerprint density at radius 1 is 1.25 bits per heavy atom. The Bertz CT molecular complexity index is 429. The minimum absolute atomic E-state index is 0.329. The van der Waals surface area contributed by atoms with E-state index in [-0.39, 0.29) is 5.91 Å². The van der Waals surface area contributed by atoms with E-state index in [1.807, 2.05) is 6.07 Å². The predicted molar refractivity (Wildman–Crippen MR) is 78.1 cm³/mol. The van der Waals surface area contributed by atoms with Crippen molar-refractivity contribution in [3.05, 3.63) is 33.8 Å². The second-order valence-electron chi connectivity index (χ2n) is 3.94. The maximum Gasteiger partial charge on any atom is 0.265 e. The van der Waals surface area contributed by atoms with E-state index >= 15 is 0 Å². The first kappa shape index (κ1) is 17.1. The largest absolute Gasteiger partial charge is 0.382 e. The molecule has 0 unspecified atom stereocenters. The fourth-order valence-corrected chi connectivity index (χ4v) is 1.93. The van der Waals surface area contributed by atoms with E-state index in [2.05, 4.69) is 21.4 Å². The summed E-state index contributed by atoms with van der Waals surface area (Å²) in [6.45, 7) is 2.61. The molecule has 0 spiro atoms. The van der Waals surface area contributed by atoms with Crippen molar-refractivity contribution in [1.82, 2.24) is 5.43 Å². The van der Waals surface area contributed by atoms with E-state index in [0.717, 1.165) is 10.0 Å². The molecule has 0 atom stereocenters. The van der Waals surface area contributed by atoms with Gasteiger partial charge in [-0.05, 0) is 17.7 Å². The number of hydrogen-bond acceptors (Lipinski definition) is 5. The maximum atomic E-state index is 11.3. The first-order valence-corrected chi connectivity index (χ1v) is 6.92. The molecule has 0 aliphatic rings. The quantitative estimate of drug-likeness (QED) is 0.304. The third-order valence-electron chi connectivity index (χ3n) is 2.51. The van der Waals surface area contributed by atoms with Crippen molar-refractivity contribution < 1.29 is 19.0 Å². The minimum Gasteiger partial charge on any atom is -0.382 e. The van der Waals surface area contributed by atoms with Crippen LogP contribution in [0.3, 0.4) is 0 Å². The lowest BCUT2D eigenvalue weighted by Crippen LogP contribution is -2.29. The van der Waals surface area contributed by atoms with E-state index in [9.17, 15) is 4.79 Å². The molecule has 0 aromatic heterocycles. The van der Waals surface area contributed by atoms with Crippen LogP contribution in [0, 0.1) is 0 Å². The number of nitrogens with two attached hydrogens (primary N) is 1. The summed E-state index contributed by atoms with van der Waals surface area (Å²) in [5, 5.41) is 0. The average molecular weight is 347 g/mol. The Kier molecular flexibility index (Phi) is 8.40. The maximum absolute atomic E-state index is 11.3. The van der Waals surface area contributed by atoms with Crippen LogP contribution in [-0.4, -0.2) is 39.4 Å². The third-order valence-corrected chi connectivity index (χ3v) is 3.25. The molecule has 0 bridgehead atoms. The molecular weight excluding hydrogens is 328 g/mol. The highest BCUT2D eigenvalue weighted by Gasteiger charge is 2.07.